The van der Waals surface area contributed by atoms with Gasteiger partial charge in [0.15, 0.2) is 5.82 Å². The van der Waals surface area contributed by atoms with Crippen molar-refractivity contribution in [3.05, 3.63) is 6.20 Å². The molecule has 0 radical (unpaired) electrons. The largest absolute Gasteiger partial charge is 0.381 e. The second kappa shape index (κ2) is 3.16. The predicted molar refractivity (Wildman–Crippen MR) is 43.7 cm³/mol. The molecule has 1 unspecified atom stereocenters. The molecule has 2 N–H and O–H groups in total. The van der Waals surface area contributed by atoms with Crippen LogP contribution < -0.4 is 5.73 Å². The van der Waals surface area contributed by atoms with E-state index in [0.29, 0.717) is 12.4 Å². The van der Waals surface area contributed by atoms with Crippen LogP contribution in [0.1, 0.15) is 6.42 Å². The van der Waals surface area contributed by atoms with Crippen molar-refractivity contribution in [1.29, 1.82) is 0 Å². The van der Waals surface area contributed by atoms with E-state index in [1.807, 2.05) is 0 Å². The molecule has 1 saturated carbocycles. The van der Waals surface area contributed by atoms with E-state index >= 15 is 0 Å². The van der Waals surface area contributed by atoms with Crippen LogP contribution in [0.5, 0.6) is 0 Å². The first-order chi connectivity index (χ1) is 6.58. The van der Waals surface area contributed by atoms with Gasteiger partial charge in [-0.05, 0) is 0 Å². The number of rotatable bonds is 4. The average Bonchev–Trinajstić information content (AvgIpc) is 2.53. The molecule has 1 aromatic rings. The molecule has 1 atom stereocenters. The highest BCUT2D eigenvalue weighted by Crippen LogP contribution is 2.44. The SMILES string of the molecule is Nc1cn(CCOC2CC2(F)F)nn1. The van der Waals surface area contributed by atoms with Gasteiger partial charge in [-0.3, -0.25) is 0 Å². The van der Waals surface area contributed by atoms with E-state index in [2.05, 4.69) is 10.3 Å². The third-order valence-corrected chi connectivity index (χ3v) is 1.96. The summed E-state index contributed by atoms with van der Waals surface area (Å²) in [6.45, 7) is 0.583. The normalized spacial score (nSPS) is 23.7. The lowest BCUT2D eigenvalue weighted by molar-refractivity contribution is 0.00991. The summed E-state index contributed by atoms with van der Waals surface area (Å²) in [4.78, 5) is 0. The molecular weight excluding hydrogens is 194 g/mol. The Kier molecular flexibility index (Phi) is 2.10. The number of nitrogen functional groups attached to an aromatic ring is 1. The third-order valence-electron chi connectivity index (χ3n) is 1.96. The molecule has 7 heteroatoms. The van der Waals surface area contributed by atoms with Crippen molar-refractivity contribution < 1.29 is 13.5 Å². The molecule has 1 aliphatic carbocycles. The van der Waals surface area contributed by atoms with Crippen molar-refractivity contribution in [1.82, 2.24) is 15.0 Å². The molecule has 2 rings (SSSR count). The van der Waals surface area contributed by atoms with Crippen molar-refractivity contribution in [2.24, 2.45) is 0 Å². The van der Waals surface area contributed by atoms with Crippen molar-refractivity contribution >= 4 is 5.82 Å². The number of alkyl halides is 2. The smallest absolute Gasteiger partial charge is 0.276 e. The van der Waals surface area contributed by atoms with E-state index in [4.69, 9.17) is 10.5 Å². The number of anilines is 1. The minimum atomic E-state index is -2.62. The van der Waals surface area contributed by atoms with Gasteiger partial charge in [-0.15, -0.1) is 5.10 Å². The zero-order valence-electron chi connectivity index (χ0n) is 7.36. The lowest BCUT2D eigenvalue weighted by atomic mass is 10.6. The van der Waals surface area contributed by atoms with Gasteiger partial charge in [-0.1, -0.05) is 5.21 Å². The number of ether oxygens (including phenoxy) is 1. The molecule has 0 spiro atoms. The number of nitrogens with two attached hydrogens (primary N) is 1. The maximum atomic E-state index is 12.3. The highest BCUT2D eigenvalue weighted by Gasteiger charge is 2.58. The molecule has 1 aliphatic rings. The van der Waals surface area contributed by atoms with E-state index in [0.717, 1.165) is 0 Å². The number of nitrogens with zero attached hydrogens (tertiary/aromatic N) is 3. The fourth-order valence-electron chi connectivity index (χ4n) is 1.08. The molecule has 0 saturated heterocycles. The summed E-state index contributed by atoms with van der Waals surface area (Å²) in [5.74, 6) is -2.32. The standard InChI is InChI=1S/C7H10F2N4O/c8-7(9)3-5(7)14-2-1-13-4-6(10)11-12-13/h4-5H,1-3,10H2. The van der Waals surface area contributed by atoms with Crippen molar-refractivity contribution in [3.63, 3.8) is 0 Å². The summed E-state index contributed by atoms with van der Waals surface area (Å²) in [7, 11) is 0. The van der Waals surface area contributed by atoms with Gasteiger partial charge < -0.3 is 10.5 Å². The first-order valence-corrected chi connectivity index (χ1v) is 4.23. The van der Waals surface area contributed by atoms with Crippen LogP contribution in [0.15, 0.2) is 6.20 Å². The van der Waals surface area contributed by atoms with Crippen LogP contribution in [0, 0.1) is 0 Å². The number of halogens is 2. The Morgan fingerprint density at radius 2 is 2.43 bits per heavy atom. The summed E-state index contributed by atoms with van der Waals surface area (Å²) in [6, 6.07) is 0. The fraction of sp³-hybridized carbons (Fsp3) is 0.714. The summed E-state index contributed by atoms with van der Waals surface area (Å²) in [6.07, 6.45) is 0.435. The van der Waals surface area contributed by atoms with Gasteiger partial charge >= 0.3 is 0 Å². The van der Waals surface area contributed by atoms with Crippen molar-refractivity contribution in [2.75, 3.05) is 12.3 Å². The Hall–Kier alpha value is -1.24. The van der Waals surface area contributed by atoms with Crippen LogP contribution >= 0.6 is 0 Å². The Balaban J connectivity index is 1.69. The first-order valence-electron chi connectivity index (χ1n) is 4.23. The maximum absolute atomic E-state index is 12.3. The van der Waals surface area contributed by atoms with E-state index in [9.17, 15) is 8.78 Å². The van der Waals surface area contributed by atoms with Gasteiger partial charge in [0.2, 0.25) is 0 Å². The summed E-state index contributed by atoms with van der Waals surface area (Å²) in [5.41, 5.74) is 5.31. The zero-order chi connectivity index (χ0) is 10.2. The molecule has 1 heterocycles. The monoisotopic (exact) mass is 204 g/mol. The lowest BCUT2D eigenvalue weighted by Gasteiger charge is -2.01. The summed E-state index contributed by atoms with van der Waals surface area (Å²) in [5, 5.41) is 7.19. The average molecular weight is 204 g/mol. The molecule has 14 heavy (non-hydrogen) atoms. The van der Waals surface area contributed by atoms with Crippen molar-refractivity contribution in [3.8, 4) is 0 Å². The molecule has 0 aromatic carbocycles. The van der Waals surface area contributed by atoms with Gasteiger partial charge in [-0.25, -0.2) is 13.5 Å². The van der Waals surface area contributed by atoms with Crippen LogP contribution in [0.25, 0.3) is 0 Å². The van der Waals surface area contributed by atoms with E-state index in [-0.39, 0.29) is 13.0 Å². The molecule has 0 bridgehead atoms. The molecule has 78 valence electrons. The van der Waals surface area contributed by atoms with Gasteiger partial charge in [0, 0.05) is 6.42 Å². The highest BCUT2D eigenvalue weighted by molar-refractivity contribution is 5.19. The van der Waals surface area contributed by atoms with Crippen molar-refractivity contribution in [2.45, 2.75) is 25.0 Å². The predicted octanol–water partition coefficient (Wildman–Crippen LogP) is 0.284. The van der Waals surface area contributed by atoms with E-state index < -0.39 is 12.0 Å². The number of hydrogen-bond donors (Lipinski definition) is 1. The van der Waals surface area contributed by atoms with Crippen LogP contribution in [0.2, 0.25) is 0 Å². The molecule has 1 aromatic heterocycles. The molecule has 1 fully saturated rings. The van der Waals surface area contributed by atoms with E-state index in [1.54, 1.807) is 0 Å². The maximum Gasteiger partial charge on any atom is 0.276 e. The molecule has 5 nitrogen and oxygen atoms in total. The Labute approximate surface area is 78.8 Å². The Bertz CT molecular complexity index is 327. The zero-order valence-corrected chi connectivity index (χ0v) is 7.36. The topological polar surface area (TPSA) is 66.0 Å². The summed E-state index contributed by atoms with van der Waals surface area (Å²) >= 11 is 0. The van der Waals surface area contributed by atoms with Gasteiger partial charge in [0.05, 0.1) is 19.3 Å². The second-order valence-electron chi connectivity index (χ2n) is 3.23. The van der Waals surface area contributed by atoms with Gasteiger partial charge in [0.1, 0.15) is 6.10 Å². The van der Waals surface area contributed by atoms with E-state index in [1.165, 1.54) is 10.9 Å². The summed E-state index contributed by atoms with van der Waals surface area (Å²) < 4.78 is 31.0. The Morgan fingerprint density at radius 1 is 1.71 bits per heavy atom. The van der Waals surface area contributed by atoms with Crippen LogP contribution in [-0.2, 0) is 11.3 Å². The minimum Gasteiger partial charge on any atom is -0.381 e. The molecule has 0 aliphatic heterocycles. The van der Waals surface area contributed by atoms with Crippen LogP contribution in [0.4, 0.5) is 14.6 Å². The van der Waals surface area contributed by atoms with Gasteiger partial charge in [-0.2, -0.15) is 0 Å². The molecular formula is C7H10F2N4O. The van der Waals surface area contributed by atoms with Gasteiger partial charge in [0.25, 0.3) is 5.92 Å². The Morgan fingerprint density at radius 3 is 2.93 bits per heavy atom. The van der Waals surface area contributed by atoms with Crippen LogP contribution in [0.3, 0.4) is 0 Å². The van der Waals surface area contributed by atoms with Crippen LogP contribution in [-0.4, -0.2) is 33.6 Å². The number of aromatic nitrogens is 3. The second-order valence-corrected chi connectivity index (χ2v) is 3.23. The minimum absolute atomic E-state index is 0.174. The quantitative estimate of drug-likeness (QED) is 0.765. The highest BCUT2D eigenvalue weighted by atomic mass is 19.3. The lowest BCUT2D eigenvalue weighted by Crippen LogP contribution is -2.11. The number of hydrogen-bond acceptors (Lipinski definition) is 4. The third kappa shape index (κ3) is 1.98. The molecule has 0 amide bonds. The first kappa shape index (κ1) is 9.32. The fourth-order valence-corrected chi connectivity index (χ4v) is 1.08.